The zero-order valence-electron chi connectivity index (χ0n) is 26.2. The Morgan fingerprint density at radius 2 is 1.62 bits per heavy atom. The first kappa shape index (κ1) is 31.1. The van der Waals surface area contributed by atoms with Crippen LogP contribution in [0.15, 0.2) is 88.0 Å². The molecule has 232 valence electrons. The average molecular weight is 609 g/mol. The lowest BCUT2D eigenvalue weighted by Gasteiger charge is -2.29. The summed E-state index contributed by atoms with van der Waals surface area (Å²) in [6.45, 7) is 9.56. The minimum absolute atomic E-state index is 0.0547. The third-order valence-corrected chi connectivity index (χ3v) is 6.87. The van der Waals surface area contributed by atoms with E-state index in [0.29, 0.717) is 24.2 Å². The highest BCUT2D eigenvalue weighted by molar-refractivity contribution is 5.95. The van der Waals surface area contributed by atoms with Crippen LogP contribution in [0.1, 0.15) is 60.6 Å². The van der Waals surface area contributed by atoms with Crippen molar-refractivity contribution in [3.63, 3.8) is 0 Å². The highest BCUT2D eigenvalue weighted by Gasteiger charge is 2.37. The molecule has 0 fully saturated rings. The van der Waals surface area contributed by atoms with Crippen molar-refractivity contribution in [3.05, 3.63) is 107 Å². The Morgan fingerprint density at radius 1 is 0.911 bits per heavy atom. The van der Waals surface area contributed by atoms with Crippen LogP contribution in [-0.4, -0.2) is 49.7 Å². The van der Waals surface area contributed by atoms with Crippen molar-refractivity contribution in [3.8, 4) is 23.2 Å². The van der Waals surface area contributed by atoms with Crippen molar-refractivity contribution in [1.82, 2.24) is 30.4 Å². The summed E-state index contributed by atoms with van der Waals surface area (Å²) in [7, 11) is 1.73. The van der Waals surface area contributed by atoms with Gasteiger partial charge in [-0.1, -0.05) is 60.2 Å². The maximum atomic E-state index is 13.7. The third-order valence-electron chi connectivity index (χ3n) is 6.87. The lowest BCUT2D eigenvalue weighted by atomic mass is 9.92. The van der Waals surface area contributed by atoms with Gasteiger partial charge in [0.25, 0.3) is 11.8 Å². The molecule has 3 heterocycles. The van der Waals surface area contributed by atoms with Crippen LogP contribution in [0.2, 0.25) is 0 Å². The lowest BCUT2D eigenvalue weighted by molar-refractivity contribution is 0.0443. The van der Waals surface area contributed by atoms with Crippen LogP contribution >= 0.6 is 0 Å². The first-order valence-corrected chi connectivity index (χ1v) is 14.5. The van der Waals surface area contributed by atoms with Crippen molar-refractivity contribution in [2.24, 2.45) is 0 Å². The van der Waals surface area contributed by atoms with Gasteiger partial charge in [0.1, 0.15) is 28.8 Å². The van der Waals surface area contributed by atoms with Crippen LogP contribution in [0.25, 0.3) is 23.2 Å². The predicted octanol–water partition coefficient (Wildman–Crippen LogP) is 6.35. The fourth-order valence-electron chi connectivity index (χ4n) is 4.86. The number of ether oxygens (including phenoxy) is 1. The molecule has 2 aromatic carbocycles. The van der Waals surface area contributed by atoms with Gasteiger partial charge in [-0.2, -0.15) is 0 Å². The predicted molar refractivity (Wildman–Crippen MR) is 167 cm³/mol. The number of benzene rings is 2. The molecule has 1 atom stereocenters. The SMILES string of the molecule is Cc1cccc(CN(C)C(=O)c2cc(-c3ncco3)nc(-c3nnc(C(C)(Cc4ccccc4)NC(=O)OC(C)(C)C)o3)c2)c1. The van der Waals surface area contributed by atoms with Gasteiger partial charge < -0.3 is 23.8 Å². The van der Waals surface area contributed by atoms with E-state index in [1.807, 2.05) is 61.5 Å². The van der Waals surface area contributed by atoms with Crippen LogP contribution in [0, 0.1) is 6.92 Å². The van der Waals surface area contributed by atoms with Crippen molar-refractivity contribution in [2.75, 3.05) is 7.05 Å². The van der Waals surface area contributed by atoms with Gasteiger partial charge in [-0.25, -0.2) is 14.8 Å². The molecule has 5 aromatic rings. The quantitative estimate of drug-likeness (QED) is 0.203. The van der Waals surface area contributed by atoms with E-state index in [1.165, 1.54) is 12.5 Å². The number of aryl methyl sites for hydroxylation is 1. The van der Waals surface area contributed by atoms with Crippen molar-refractivity contribution < 1.29 is 23.2 Å². The van der Waals surface area contributed by atoms with Gasteiger partial charge >= 0.3 is 6.09 Å². The zero-order chi connectivity index (χ0) is 32.2. The molecule has 5 rings (SSSR count). The molecule has 1 unspecified atom stereocenters. The van der Waals surface area contributed by atoms with Crippen LogP contribution in [0.3, 0.4) is 0 Å². The Hall–Kier alpha value is -5.32. The standard InChI is InChI=1S/C34H36N6O5/c1-22-11-10-14-24(17-22)21-40(6)30(41)25-18-26(28-35-15-16-43-28)36-27(19-25)29-38-39-31(44-29)34(5,20-23-12-8-7-9-13-23)37-32(42)45-33(2,3)4/h7-19H,20-21H2,1-6H3,(H,37,42). The minimum atomic E-state index is -1.14. The molecule has 0 aliphatic rings. The van der Waals surface area contributed by atoms with Gasteiger partial charge in [-0.05, 0) is 57.9 Å². The molecule has 3 aromatic heterocycles. The number of rotatable bonds is 9. The fourth-order valence-corrected chi connectivity index (χ4v) is 4.86. The number of nitrogens with zero attached hydrogens (tertiary/aromatic N) is 5. The molecular weight excluding hydrogens is 572 g/mol. The second-order valence-corrected chi connectivity index (χ2v) is 12.1. The summed E-state index contributed by atoms with van der Waals surface area (Å²) in [6.07, 6.45) is 2.63. The molecule has 1 N–H and O–H groups in total. The number of nitrogens with one attached hydrogen (secondary N) is 1. The van der Waals surface area contributed by atoms with Crippen molar-refractivity contribution in [1.29, 1.82) is 0 Å². The highest BCUT2D eigenvalue weighted by Crippen LogP contribution is 2.30. The number of aromatic nitrogens is 4. The largest absolute Gasteiger partial charge is 0.444 e. The number of alkyl carbamates (subject to hydrolysis) is 1. The normalized spacial score (nSPS) is 12.8. The molecule has 0 aliphatic heterocycles. The number of oxazole rings is 1. The van der Waals surface area contributed by atoms with E-state index in [9.17, 15) is 9.59 Å². The highest BCUT2D eigenvalue weighted by atomic mass is 16.6. The molecule has 0 aliphatic carbocycles. The maximum Gasteiger partial charge on any atom is 0.408 e. The Labute approximate surface area is 261 Å². The lowest BCUT2D eigenvalue weighted by Crippen LogP contribution is -2.47. The van der Waals surface area contributed by atoms with E-state index >= 15 is 0 Å². The molecule has 0 saturated heterocycles. The van der Waals surface area contributed by atoms with E-state index in [0.717, 1.165) is 16.7 Å². The van der Waals surface area contributed by atoms with E-state index in [1.54, 1.807) is 51.8 Å². The van der Waals surface area contributed by atoms with Crippen LogP contribution in [0.4, 0.5) is 4.79 Å². The van der Waals surface area contributed by atoms with Crippen molar-refractivity contribution in [2.45, 2.75) is 58.7 Å². The van der Waals surface area contributed by atoms with Gasteiger partial charge in [-0.3, -0.25) is 4.79 Å². The Balaban J connectivity index is 1.50. The summed E-state index contributed by atoms with van der Waals surface area (Å²) in [5.41, 5.74) is 2.10. The third kappa shape index (κ3) is 7.80. The van der Waals surface area contributed by atoms with Gasteiger partial charge in [0.15, 0.2) is 0 Å². The number of carbonyl (C=O) groups is 2. The summed E-state index contributed by atoms with van der Waals surface area (Å²) in [4.78, 5) is 37.1. The van der Waals surface area contributed by atoms with E-state index in [2.05, 4.69) is 25.5 Å². The van der Waals surface area contributed by atoms with Gasteiger partial charge in [-0.15, -0.1) is 10.2 Å². The monoisotopic (exact) mass is 608 g/mol. The fraction of sp³-hybridized carbons (Fsp3) is 0.294. The first-order chi connectivity index (χ1) is 21.4. The van der Waals surface area contributed by atoms with E-state index in [-0.39, 0.29) is 29.3 Å². The zero-order valence-corrected chi connectivity index (χ0v) is 26.2. The van der Waals surface area contributed by atoms with Crippen LogP contribution in [0.5, 0.6) is 0 Å². The summed E-state index contributed by atoms with van der Waals surface area (Å²) >= 11 is 0. The topological polar surface area (TPSA) is 136 Å². The maximum absolute atomic E-state index is 13.7. The Kier molecular flexibility index (Phi) is 8.80. The molecule has 11 heteroatoms. The van der Waals surface area contributed by atoms with Crippen molar-refractivity contribution >= 4 is 12.0 Å². The summed E-state index contributed by atoms with van der Waals surface area (Å²) in [5, 5.41) is 11.5. The molecule has 2 amide bonds. The van der Waals surface area contributed by atoms with E-state index < -0.39 is 17.2 Å². The molecule has 0 bridgehead atoms. The average Bonchev–Trinajstić information content (AvgIpc) is 3.70. The number of hydrogen-bond acceptors (Lipinski definition) is 9. The summed E-state index contributed by atoms with van der Waals surface area (Å²) in [5.74, 6) is 0.180. The second kappa shape index (κ2) is 12.7. The van der Waals surface area contributed by atoms with Crippen LogP contribution in [-0.2, 0) is 23.2 Å². The molecular formula is C34H36N6O5. The molecule has 0 radical (unpaired) electrons. The smallest absolute Gasteiger partial charge is 0.408 e. The molecule has 45 heavy (non-hydrogen) atoms. The van der Waals surface area contributed by atoms with E-state index in [4.69, 9.17) is 13.6 Å². The van der Waals surface area contributed by atoms with Gasteiger partial charge in [0.2, 0.25) is 11.8 Å². The number of pyridine rings is 1. The minimum Gasteiger partial charge on any atom is -0.444 e. The summed E-state index contributed by atoms with van der Waals surface area (Å²) < 4.78 is 17.2. The van der Waals surface area contributed by atoms with Gasteiger partial charge in [0, 0.05) is 25.6 Å². The van der Waals surface area contributed by atoms with Crippen LogP contribution < -0.4 is 5.32 Å². The molecule has 11 nitrogen and oxygen atoms in total. The number of hydrogen-bond donors (Lipinski definition) is 1. The number of carbonyl (C=O) groups excluding carboxylic acids is 2. The second-order valence-electron chi connectivity index (χ2n) is 12.1. The van der Waals surface area contributed by atoms with Gasteiger partial charge in [0.05, 0.1) is 6.20 Å². The Morgan fingerprint density at radius 3 is 2.29 bits per heavy atom. The number of amides is 2. The Bertz CT molecular complexity index is 1780. The molecule has 0 saturated carbocycles. The summed E-state index contributed by atoms with van der Waals surface area (Å²) in [6, 6.07) is 20.8. The molecule has 0 spiro atoms. The first-order valence-electron chi connectivity index (χ1n) is 14.5.